The van der Waals surface area contributed by atoms with Crippen LogP contribution < -0.4 is 0 Å². The molecule has 2 heteroatoms. The van der Waals surface area contributed by atoms with Crippen molar-refractivity contribution in [2.75, 3.05) is 7.11 Å². The maximum atomic E-state index is 13.1. The molecule has 0 amide bonds. The Labute approximate surface area is 95.9 Å². The van der Waals surface area contributed by atoms with Crippen molar-refractivity contribution in [1.82, 2.24) is 0 Å². The molecule has 86 valence electrons. The highest BCUT2D eigenvalue weighted by Crippen LogP contribution is 2.38. The van der Waals surface area contributed by atoms with Crippen molar-refractivity contribution in [3.8, 4) is 0 Å². The van der Waals surface area contributed by atoms with Crippen molar-refractivity contribution in [3.05, 3.63) is 47.0 Å². The summed E-state index contributed by atoms with van der Waals surface area (Å²) in [5.74, 6) is 1.56. The third-order valence-electron chi connectivity index (χ3n) is 3.17. The minimum Gasteiger partial charge on any atom is -0.501 e. The zero-order chi connectivity index (χ0) is 11.7. The molecule has 1 aromatic rings. The SMILES string of the molecule is COC1=CCc2cc(F)ccc2[C@@H]1C(C)C. The lowest BCUT2D eigenvalue weighted by molar-refractivity contribution is 0.242. The summed E-state index contributed by atoms with van der Waals surface area (Å²) in [6.07, 6.45) is 2.83. The van der Waals surface area contributed by atoms with Crippen molar-refractivity contribution < 1.29 is 9.13 Å². The first-order valence-corrected chi connectivity index (χ1v) is 5.66. The van der Waals surface area contributed by atoms with Crippen LogP contribution in [0.1, 0.15) is 30.9 Å². The zero-order valence-corrected chi connectivity index (χ0v) is 9.96. The van der Waals surface area contributed by atoms with Crippen LogP contribution in [-0.4, -0.2) is 7.11 Å². The molecule has 1 aromatic carbocycles. The van der Waals surface area contributed by atoms with E-state index >= 15 is 0 Å². The first kappa shape index (κ1) is 11.2. The van der Waals surface area contributed by atoms with Crippen LogP contribution in [0.5, 0.6) is 0 Å². The number of hydrogen-bond donors (Lipinski definition) is 0. The second-order valence-electron chi connectivity index (χ2n) is 4.58. The molecule has 1 aliphatic carbocycles. The van der Waals surface area contributed by atoms with Gasteiger partial charge in [0.05, 0.1) is 12.9 Å². The Hall–Kier alpha value is -1.31. The van der Waals surface area contributed by atoms with Crippen LogP contribution in [-0.2, 0) is 11.2 Å². The summed E-state index contributed by atoms with van der Waals surface area (Å²) in [6.45, 7) is 4.33. The fourth-order valence-corrected chi connectivity index (χ4v) is 2.44. The molecule has 0 heterocycles. The first-order valence-electron chi connectivity index (χ1n) is 5.66. The molecule has 1 nitrogen and oxygen atoms in total. The molecule has 0 fully saturated rings. The van der Waals surface area contributed by atoms with Gasteiger partial charge in [-0.3, -0.25) is 0 Å². The highest BCUT2D eigenvalue weighted by molar-refractivity contribution is 5.40. The van der Waals surface area contributed by atoms with Crippen LogP contribution in [0.15, 0.2) is 30.0 Å². The smallest absolute Gasteiger partial charge is 0.123 e. The summed E-state index contributed by atoms with van der Waals surface area (Å²) in [5, 5.41) is 0. The first-order chi connectivity index (χ1) is 7.63. The molecule has 0 saturated carbocycles. The van der Waals surface area contributed by atoms with Gasteiger partial charge in [-0.25, -0.2) is 4.39 Å². The molecule has 0 N–H and O–H groups in total. The van der Waals surface area contributed by atoms with Gasteiger partial charge in [0.25, 0.3) is 0 Å². The highest BCUT2D eigenvalue weighted by atomic mass is 19.1. The van der Waals surface area contributed by atoms with E-state index < -0.39 is 0 Å². The second kappa shape index (κ2) is 4.28. The third kappa shape index (κ3) is 1.84. The molecular formula is C14H17FO. The Morgan fingerprint density at radius 1 is 1.38 bits per heavy atom. The van der Waals surface area contributed by atoms with Gasteiger partial charge in [-0.2, -0.15) is 0 Å². The molecular weight excluding hydrogens is 203 g/mol. The van der Waals surface area contributed by atoms with Gasteiger partial charge in [0.15, 0.2) is 0 Å². The van der Waals surface area contributed by atoms with Crippen molar-refractivity contribution in [1.29, 1.82) is 0 Å². The van der Waals surface area contributed by atoms with E-state index in [2.05, 4.69) is 19.9 Å². The van der Waals surface area contributed by atoms with Crippen molar-refractivity contribution >= 4 is 0 Å². The standard InChI is InChI=1S/C14H17FO/c1-9(2)14-12-6-5-11(15)8-10(12)4-7-13(14)16-3/h5-9,14H,4H2,1-3H3/t14-/m0/s1. The Bertz CT molecular complexity index is 421. The molecule has 16 heavy (non-hydrogen) atoms. The zero-order valence-electron chi connectivity index (χ0n) is 9.96. The van der Waals surface area contributed by atoms with E-state index in [1.165, 1.54) is 11.6 Å². The molecule has 0 aliphatic heterocycles. The van der Waals surface area contributed by atoms with Crippen LogP contribution in [0.3, 0.4) is 0 Å². The summed E-state index contributed by atoms with van der Waals surface area (Å²) in [5.41, 5.74) is 2.29. The van der Waals surface area contributed by atoms with E-state index in [9.17, 15) is 4.39 Å². The number of benzene rings is 1. The Balaban J connectivity index is 2.47. The summed E-state index contributed by atoms with van der Waals surface area (Å²) < 4.78 is 18.6. The number of rotatable bonds is 2. The largest absolute Gasteiger partial charge is 0.501 e. The number of halogens is 1. The van der Waals surface area contributed by atoms with Gasteiger partial charge in [0, 0.05) is 5.92 Å². The number of allylic oxidation sites excluding steroid dienone is 2. The Morgan fingerprint density at radius 3 is 2.75 bits per heavy atom. The quantitative estimate of drug-likeness (QED) is 0.739. The van der Waals surface area contributed by atoms with Gasteiger partial charge in [-0.1, -0.05) is 19.9 Å². The molecule has 0 spiro atoms. The minimum absolute atomic E-state index is 0.157. The van der Waals surface area contributed by atoms with Gasteiger partial charge in [0.2, 0.25) is 0 Å². The molecule has 0 bridgehead atoms. The second-order valence-corrected chi connectivity index (χ2v) is 4.58. The normalized spacial score (nSPS) is 19.3. The van der Waals surface area contributed by atoms with Crippen LogP contribution >= 0.6 is 0 Å². The molecule has 0 unspecified atom stereocenters. The van der Waals surface area contributed by atoms with Gasteiger partial charge >= 0.3 is 0 Å². The summed E-state index contributed by atoms with van der Waals surface area (Å²) >= 11 is 0. The molecule has 2 rings (SSSR count). The van der Waals surface area contributed by atoms with Gasteiger partial charge in [-0.05, 0) is 41.7 Å². The van der Waals surface area contributed by atoms with Crippen LogP contribution in [0.25, 0.3) is 0 Å². The molecule has 0 saturated heterocycles. The fraction of sp³-hybridized carbons (Fsp3) is 0.429. The molecule has 1 atom stereocenters. The summed E-state index contributed by atoms with van der Waals surface area (Å²) in [6, 6.07) is 5.06. The van der Waals surface area contributed by atoms with Crippen LogP contribution in [0, 0.1) is 11.7 Å². The highest BCUT2D eigenvalue weighted by Gasteiger charge is 2.26. The average molecular weight is 220 g/mol. The molecule has 0 aromatic heterocycles. The lowest BCUT2D eigenvalue weighted by Gasteiger charge is -2.29. The van der Waals surface area contributed by atoms with Crippen LogP contribution in [0.2, 0.25) is 0 Å². The van der Waals surface area contributed by atoms with E-state index in [1.807, 2.05) is 6.07 Å². The summed E-state index contributed by atoms with van der Waals surface area (Å²) in [7, 11) is 1.70. The molecule has 1 aliphatic rings. The average Bonchev–Trinajstić information content (AvgIpc) is 2.26. The number of ether oxygens (including phenoxy) is 1. The van der Waals surface area contributed by atoms with Crippen molar-refractivity contribution in [2.45, 2.75) is 26.2 Å². The van der Waals surface area contributed by atoms with Gasteiger partial charge in [-0.15, -0.1) is 0 Å². The van der Waals surface area contributed by atoms with Crippen LogP contribution in [0.4, 0.5) is 4.39 Å². The topological polar surface area (TPSA) is 9.23 Å². The maximum Gasteiger partial charge on any atom is 0.123 e. The van der Waals surface area contributed by atoms with E-state index in [4.69, 9.17) is 4.74 Å². The number of hydrogen-bond acceptors (Lipinski definition) is 1. The molecule has 0 radical (unpaired) electrons. The maximum absolute atomic E-state index is 13.1. The van der Waals surface area contributed by atoms with Gasteiger partial charge < -0.3 is 4.74 Å². The van der Waals surface area contributed by atoms with Gasteiger partial charge in [0.1, 0.15) is 5.82 Å². The Kier molecular flexibility index (Phi) is 2.99. The Morgan fingerprint density at radius 2 is 2.12 bits per heavy atom. The van der Waals surface area contributed by atoms with E-state index in [-0.39, 0.29) is 11.7 Å². The predicted octanol–water partition coefficient (Wildman–Crippen LogP) is 3.65. The third-order valence-corrected chi connectivity index (χ3v) is 3.17. The van der Waals surface area contributed by atoms with E-state index in [0.29, 0.717) is 5.92 Å². The monoisotopic (exact) mass is 220 g/mol. The number of methoxy groups -OCH3 is 1. The van der Waals surface area contributed by atoms with E-state index in [1.54, 1.807) is 13.2 Å². The van der Waals surface area contributed by atoms with Crippen molar-refractivity contribution in [2.24, 2.45) is 5.92 Å². The lowest BCUT2D eigenvalue weighted by Crippen LogP contribution is -2.17. The number of fused-ring (bicyclic) bond motifs is 1. The lowest BCUT2D eigenvalue weighted by atomic mass is 9.80. The fourth-order valence-electron chi connectivity index (χ4n) is 2.44. The minimum atomic E-state index is -0.157. The predicted molar refractivity (Wildman–Crippen MR) is 62.8 cm³/mol. The van der Waals surface area contributed by atoms with Crippen molar-refractivity contribution in [3.63, 3.8) is 0 Å². The van der Waals surface area contributed by atoms with E-state index in [0.717, 1.165) is 17.7 Å². The summed E-state index contributed by atoms with van der Waals surface area (Å²) in [4.78, 5) is 0.